The van der Waals surface area contributed by atoms with Gasteiger partial charge in [0.25, 0.3) is 0 Å². The molecule has 2 bridgehead atoms. The summed E-state index contributed by atoms with van der Waals surface area (Å²) >= 11 is 0. The fourth-order valence-corrected chi connectivity index (χ4v) is 3.65. The molecule has 0 aliphatic heterocycles. The molecule has 0 spiro atoms. The third kappa shape index (κ3) is 2.07. The van der Waals surface area contributed by atoms with Gasteiger partial charge in [-0.3, -0.25) is 0 Å². The molecule has 106 valence electrons. The van der Waals surface area contributed by atoms with E-state index in [2.05, 4.69) is 13.8 Å². The number of ether oxygens (including phenoxy) is 2. The second kappa shape index (κ2) is 4.99. The molecule has 2 atom stereocenters. The van der Waals surface area contributed by atoms with Crippen LogP contribution in [0.25, 0.3) is 0 Å². The lowest BCUT2D eigenvalue weighted by atomic mass is 9.79. The van der Waals surface area contributed by atoms with Gasteiger partial charge in [0.05, 0.1) is 24.4 Å². The van der Waals surface area contributed by atoms with E-state index in [9.17, 15) is 9.59 Å². The number of carbonyl (C=O) groups excluding carboxylic acids is 2. The van der Waals surface area contributed by atoms with Gasteiger partial charge in [0.1, 0.15) is 0 Å². The summed E-state index contributed by atoms with van der Waals surface area (Å²) in [7, 11) is 0. The van der Waals surface area contributed by atoms with Crippen LogP contribution in [0.15, 0.2) is 11.1 Å². The minimum atomic E-state index is -0.342. The van der Waals surface area contributed by atoms with Gasteiger partial charge in [-0.1, -0.05) is 13.8 Å². The van der Waals surface area contributed by atoms with Gasteiger partial charge in [-0.25, -0.2) is 9.59 Å². The molecule has 0 heterocycles. The van der Waals surface area contributed by atoms with Crippen molar-refractivity contribution in [1.29, 1.82) is 0 Å². The Hall–Kier alpha value is -1.32. The summed E-state index contributed by atoms with van der Waals surface area (Å²) in [6.45, 7) is 8.47. The molecule has 1 fully saturated rings. The fraction of sp³-hybridized carbons (Fsp3) is 0.733. The van der Waals surface area contributed by atoms with Crippen LogP contribution in [0, 0.1) is 17.3 Å². The highest BCUT2D eigenvalue weighted by atomic mass is 16.5. The number of fused-ring (bicyclic) bond motifs is 2. The Morgan fingerprint density at radius 3 is 1.68 bits per heavy atom. The van der Waals surface area contributed by atoms with E-state index in [0.29, 0.717) is 24.4 Å². The first-order valence-electron chi connectivity index (χ1n) is 7.03. The van der Waals surface area contributed by atoms with Gasteiger partial charge < -0.3 is 9.47 Å². The summed E-state index contributed by atoms with van der Waals surface area (Å²) in [4.78, 5) is 24.3. The Morgan fingerprint density at radius 1 is 1.00 bits per heavy atom. The average molecular weight is 266 g/mol. The Labute approximate surface area is 114 Å². The maximum absolute atomic E-state index is 12.2. The number of hydrogen-bond acceptors (Lipinski definition) is 4. The molecule has 2 unspecified atom stereocenters. The first-order chi connectivity index (χ1) is 8.95. The monoisotopic (exact) mass is 266 g/mol. The van der Waals surface area contributed by atoms with E-state index in [1.165, 1.54) is 0 Å². The smallest absolute Gasteiger partial charge is 0.334 e. The fourth-order valence-electron chi connectivity index (χ4n) is 3.65. The topological polar surface area (TPSA) is 52.6 Å². The van der Waals surface area contributed by atoms with E-state index < -0.39 is 0 Å². The van der Waals surface area contributed by atoms with Crippen molar-refractivity contribution in [1.82, 2.24) is 0 Å². The minimum Gasteiger partial charge on any atom is -0.463 e. The van der Waals surface area contributed by atoms with Gasteiger partial charge >= 0.3 is 11.9 Å². The van der Waals surface area contributed by atoms with Crippen LogP contribution in [0.5, 0.6) is 0 Å². The Bertz CT molecular complexity index is 395. The van der Waals surface area contributed by atoms with E-state index >= 15 is 0 Å². The molecule has 0 saturated heterocycles. The lowest BCUT2D eigenvalue weighted by Gasteiger charge is -2.25. The van der Waals surface area contributed by atoms with Gasteiger partial charge in [-0.05, 0) is 43.9 Å². The number of esters is 2. The lowest BCUT2D eigenvalue weighted by molar-refractivity contribution is -0.142. The summed E-state index contributed by atoms with van der Waals surface area (Å²) in [5.41, 5.74) is 1.09. The van der Waals surface area contributed by atoms with Gasteiger partial charge in [-0.2, -0.15) is 0 Å². The molecular weight excluding hydrogens is 244 g/mol. The van der Waals surface area contributed by atoms with Crippen molar-refractivity contribution in [2.75, 3.05) is 13.2 Å². The zero-order chi connectivity index (χ0) is 14.2. The largest absolute Gasteiger partial charge is 0.463 e. The molecule has 0 aromatic rings. The highest BCUT2D eigenvalue weighted by Gasteiger charge is 2.57. The highest BCUT2D eigenvalue weighted by molar-refractivity contribution is 6.03. The molecule has 0 N–H and O–H groups in total. The molecule has 4 heteroatoms. The number of carbonyl (C=O) groups is 2. The number of rotatable bonds is 4. The van der Waals surface area contributed by atoms with Crippen molar-refractivity contribution in [3.8, 4) is 0 Å². The second-order valence-electron chi connectivity index (χ2n) is 5.77. The van der Waals surface area contributed by atoms with Crippen molar-refractivity contribution >= 4 is 11.9 Å². The first kappa shape index (κ1) is 14.1. The molecule has 2 aliphatic rings. The van der Waals surface area contributed by atoms with E-state index in [1.54, 1.807) is 13.8 Å². The second-order valence-corrected chi connectivity index (χ2v) is 5.77. The van der Waals surface area contributed by atoms with Crippen molar-refractivity contribution in [2.24, 2.45) is 17.3 Å². The lowest BCUT2D eigenvalue weighted by Crippen LogP contribution is -2.22. The van der Waals surface area contributed by atoms with Crippen LogP contribution in [0.2, 0.25) is 0 Å². The molecule has 2 rings (SSSR count). The van der Waals surface area contributed by atoms with Gasteiger partial charge in [0, 0.05) is 0 Å². The molecule has 1 saturated carbocycles. The van der Waals surface area contributed by atoms with Gasteiger partial charge in [-0.15, -0.1) is 0 Å². The average Bonchev–Trinajstić information content (AvgIpc) is 2.76. The Morgan fingerprint density at radius 2 is 1.37 bits per heavy atom. The zero-order valence-electron chi connectivity index (χ0n) is 12.1. The SMILES string of the molecule is CCOC(=O)C1=C(C(=O)OCC)C2CCC1C2(C)C. The predicted molar refractivity (Wildman–Crippen MR) is 70.3 cm³/mol. The summed E-state index contributed by atoms with van der Waals surface area (Å²) in [6, 6.07) is 0. The van der Waals surface area contributed by atoms with Gasteiger partial charge in [0.15, 0.2) is 0 Å². The Kier molecular flexibility index (Phi) is 3.70. The third-order valence-electron chi connectivity index (χ3n) is 4.52. The summed E-state index contributed by atoms with van der Waals surface area (Å²) in [5, 5.41) is 0. The highest BCUT2D eigenvalue weighted by Crippen LogP contribution is 2.60. The molecule has 0 aromatic heterocycles. The van der Waals surface area contributed by atoms with Crippen LogP contribution in [0.4, 0.5) is 0 Å². The molecule has 19 heavy (non-hydrogen) atoms. The quantitative estimate of drug-likeness (QED) is 0.733. The maximum Gasteiger partial charge on any atom is 0.334 e. The van der Waals surface area contributed by atoms with Crippen molar-refractivity contribution in [3.63, 3.8) is 0 Å². The van der Waals surface area contributed by atoms with Crippen LogP contribution in [-0.4, -0.2) is 25.2 Å². The van der Waals surface area contributed by atoms with E-state index in [-0.39, 0.29) is 29.2 Å². The van der Waals surface area contributed by atoms with Gasteiger partial charge in [0.2, 0.25) is 0 Å². The molecule has 0 amide bonds. The molecule has 0 radical (unpaired) electrons. The molecular formula is C15H22O4. The third-order valence-corrected chi connectivity index (χ3v) is 4.52. The van der Waals surface area contributed by atoms with E-state index in [4.69, 9.17) is 9.47 Å². The van der Waals surface area contributed by atoms with Crippen LogP contribution >= 0.6 is 0 Å². The number of hydrogen-bond donors (Lipinski definition) is 0. The van der Waals surface area contributed by atoms with Crippen molar-refractivity contribution < 1.29 is 19.1 Å². The van der Waals surface area contributed by atoms with Crippen LogP contribution < -0.4 is 0 Å². The van der Waals surface area contributed by atoms with E-state index in [1.807, 2.05) is 0 Å². The minimum absolute atomic E-state index is 0.0514. The van der Waals surface area contributed by atoms with E-state index in [0.717, 1.165) is 12.8 Å². The first-order valence-corrected chi connectivity index (χ1v) is 7.03. The summed E-state index contributed by atoms with van der Waals surface area (Å²) in [6.07, 6.45) is 1.91. The molecule has 4 nitrogen and oxygen atoms in total. The van der Waals surface area contributed by atoms with Crippen molar-refractivity contribution in [3.05, 3.63) is 11.1 Å². The molecule has 2 aliphatic carbocycles. The van der Waals surface area contributed by atoms with Crippen LogP contribution in [0.1, 0.15) is 40.5 Å². The molecule has 0 aromatic carbocycles. The zero-order valence-corrected chi connectivity index (χ0v) is 12.1. The standard InChI is InChI=1S/C15H22O4/c1-5-18-13(16)11-9-7-8-10(15(9,3)4)12(11)14(17)19-6-2/h9-10H,5-8H2,1-4H3. The van der Waals surface area contributed by atoms with Crippen LogP contribution in [0.3, 0.4) is 0 Å². The summed E-state index contributed by atoms with van der Waals surface area (Å²) in [5.74, 6) is -0.441. The van der Waals surface area contributed by atoms with Crippen LogP contribution in [-0.2, 0) is 19.1 Å². The predicted octanol–water partition coefficient (Wildman–Crippen LogP) is 2.48. The maximum atomic E-state index is 12.2. The summed E-state index contributed by atoms with van der Waals surface area (Å²) < 4.78 is 10.3. The van der Waals surface area contributed by atoms with Crippen molar-refractivity contribution in [2.45, 2.75) is 40.5 Å². The Balaban J connectivity index is 2.41. The normalized spacial score (nSPS) is 27.6.